The Morgan fingerprint density at radius 1 is 1.25 bits per heavy atom. The van der Waals surface area contributed by atoms with E-state index in [4.69, 9.17) is 5.26 Å². The van der Waals surface area contributed by atoms with Crippen molar-refractivity contribution in [3.63, 3.8) is 0 Å². The van der Waals surface area contributed by atoms with Gasteiger partial charge in [0.25, 0.3) is 0 Å². The maximum atomic E-state index is 8.79. The summed E-state index contributed by atoms with van der Waals surface area (Å²) in [6.07, 6.45) is 5.57. The number of benzene rings is 1. The monoisotopic (exact) mass is 211 g/mol. The van der Waals surface area contributed by atoms with E-state index in [2.05, 4.69) is 23.2 Å². The molecule has 0 saturated carbocycles. The zero-order valence-corrected chi connectivity index (χ0v) is 9.00. The third kappa shape index (κ3) is 2.48. The van der Waals surface area contributed by atoms with Crippen LogP contribution in [0.1, 0.15) is 17.8 Å². The van der Waals surface area contributed by atoms with E-state index in [1.165, 1.54) is 5.56 Å². The quantitative estimate of drug-likeness (QED) is 0.779. The Kier molecular flexibility index (Phi) is 3.35. The minimum atomic E-state index is 0.494. The fourth-order valence-electron chi connectivity index (χ4n) is 1.70. The van der Waals surface area contributed by atoms with E-state index in [1.54, 1.807) is 6.20 Å². The molecule has 3 nitrogen and oxygen atoms in total. The van der Waals surface area contributed by atoms with Crippen molar-refractivity contribution >= 4 is 0 Å². The topological polar surface area (TPSA) is 41.6 Å². The van der Waals surface area contributed by atoms with Crippen LogP contribution >= 0.6 is 0 Å². The van der Waals surface area contributed by atoms with E-state index in [1.807, 2.05) is 29.0 Å². The molecule has 0 fully saturated rings. The lowest BCUT2D eigenvalue weighted by Crippen LogP contribution is -2.01. The number of nitriles is 1. The van der Waals surface area contributed by atoms with Crippen molar-refractivity contribution in [3.8, 4) is 6.07 Å². The molecule has 0 radical (unpaired) electrons. The third-order valence-electron chi connectivity index (χ3n) is 2.52. The molecule has 0 aliphatic carbocycles. The molecule has 3 heteroatoms. The Morgan fingerprint density at radius 3 is 2.81 bits per heavy atom. The van der Waals surface area contributed by atoms with Gasteiger partial charge in [-0.25, -0.2) is 4.98 Å². The van der Waals surface area contributed by atoms with Gasteiger partial charge in [-0.1, -0.05) is 30.3 Å². The molecule has 1 aromatic heterocycles. The minimum Gasteiger partial charge on any atom is -0.323 e. The molecule has 1 heterocycles. The predicted molar refractivity (Wildman–Crippen MR) is 61.7 cm³/mol. The van der Waals surface area contributed by atoms with Crippen LogP contribution in [0.4, 0.5) is 0 Å². The molecule has 80 valence electrons. The van der Waals surface area contributed by atoms with Gasteiger partial charge in [-0.3, -0.25) is 0 Å². The fraction of sp³-hybridized carbons (Fsp3) is 0.231. The highest BCUT2D eigenvalue weighted by atomic mass is 15.1. The number of aromatic nitrogens is 2. The smallest absolute Gasteiger partial charge is 0.212 e. The van der Waals surface area contributed by atoms with Gasteiger partial charge in [-0.2, -0.15) is 5.26 Å². The molecule has 0 atom stereocenters. The first-order valence-corrected chi connectivity index (χ1v) is 5.35. The van der Waals surface area contributed by atoms with Crippen LogP contribution in [0.5, 0.6) is 0 Å². The van der Waals surface area contributed by atoms with Gasteiger partial charge in [0.05, 0.1) is 0 Å². The normalized spacial score (nSPS) is 9.94. The summed E-state index contributed by atoms with van der Waals surface area (Å²) in [5.41, 5.74) is 1.33. The highest BCUT2D eigenvalue weighted by Crippen LogP contribution is 2.05. The average Bonchev–Trinajstić information content (AvgIpc) is 2.78. The number of imidazole rings is 1. The summed E-state index contributed by atoms with van der Waals surface area (Å²) < 4.78 is 1.89. The maximum Gasteiger partial charge on any atom is 0.212 e. The van der Waals surface area contributed by atoms with Gasteiger partial charge in [0.15, 0.2) is 0 Å². The molecule has 1 aromatic carbocycles. The molecule has 0 spiro atoms. The summed E-state index contributed by atoms with van der Waals surface area (Å²) in [5, 5.41) is 8.79. The molecule has 0 N–H and O–H groups in total. The third-order valence-corrected chi connectivity index (χ3v) is 2.52. The Balaban J connectivity index is 1.88. The van der Waals surface area contributed by atoms with E-state index >= 15 is 0 Å². The standard InChI is InChI=1S/C13H13N3/c14-11-13-15-8-10-16(13)9-4-7-12-5-2-1-3-6-12/h1-3,5-6,8,10H,4,7,9H2. The molecule has 0 saturated heterocycles. The molecular formula is C13H13N3. The highest BCUT2D eigenvalue weighted by molar-refractivity contribution is 5.15. The molecule has 0 amide bonds. The SMILES string of the molecule is N#Cc1nccn1CCCc1ccccc1. The number of nitrogens with zero attached hydrogens (tertiary/aromatic N) is 3. The largest absolute Gasteiger partial charge is 0.323 e. The van der Waals surface area contributed by atoms with Crippen molar-refractivity contribution in [2.45, 2.75) is 19.4 Å². The summed E-state index contributed by atoms with van der Waals surface area (Å²) in [6, 6.07) is 12.4. The van der Waals surface area contributed by atoms with Crippen LogP contribution < -0.4 is 0 Å². The van der Waals surface area contributed by atoms with Crippen LogP contribution in [0.25, 0.3) is 0 Å². The second-order valence-corrected chi connectivity index (χ2v) is 3.65. The second-order valence-electron chi connectivity index (χ2n) is 3.65. The van der Waals surface area contributed by atoms with Gasteiger partial charge in [0.1, 0.15) is 6.07 Å². The van der Waals surface area contributed by atoms with E-state index in [0.29, 0.717) is 5.82 Å². The van der Waals surface area contributed by atoms with Crippen molar-refractivity contribution in [1.29, 1.82) is 5.26 Å². The Labute approximate surface area is 95.0 Å². The first kappa shape index (κ1) is 10.4. The van der Waals surface area contributed by atoms with Crippen LogP contribution in [0, 0.1) is 11.3 Å². The Morgan fingerprint density at radius 2 is 2.06 bits per heavy atom. The first-order chi connectivity index (χ1) is 7.90. The summed E-state index contributed by atoms with van der Waals surface area (Å²) in [6.45, 7) is 0.845. The molecule has 2 aromatic rings. The molecule has 2 rings (SSSR count). The van der Waals surface area contributed by atoms with Gasteiger partial charge in [0, 0.05) is 18.9 Å². The molecule has 0 aliphatic heterocycles. The van der Waals surface area contributed by atoms with Gasteiger partial charge in [-0.15, -0.1) is 0 Å². The van der Waals surface area contributed by atoms with Gasteiger partial charge in [-0.05, 0) is 18.4 Å². The van der Waals surface area contributed by atoms with Crippen LogP contribution in [0.2, 0.25) is 0 Å². The number of rotatable bonds is 4. The van der Waals surface area contributed by atoms with E-state index in [9.17, 15) is 0 Å². The van der Waals surface area contributed by atoms with E-state index in [0.717, 1.165) is 19.4 Å². The number of hydrogen-bond acceptors (Lipinski definition) is 2. The fourth-order valence-corrected chi connectivity index (χ4v) is 1.70. The molecule has 0 unspecified atom stereocenters. The number of hydrogen-bond donors (Lipinski definition) is 0. The minimum absolute atomic E-state index is 0.494. The Bertz CT molecular complexity index is 479. The summed E-state index contributed by atoms with van der Waals surface area (Å²) >= 11 is 0. The van der Waals surface area contributed by atoms with Crippen LogP contribution in [-0.2, 0) is 13.0 Å². The van der Waals surface area contributed by atoms with Crippen molar-refractivity contribution in [1.82, 2.24) is 9.55 Å². The van der Waals surface area contributed by atoms with E-state index < -0.39 is 0 Å². The lowest BCUT2D eigenvalue weighted by molar-refractivity contribution is 0.635. The maximum absolute atomic E-state index is 8.79. The molecule has 0 aliphatic rings. The number of aryl methyl sites for hydroxylation is 2. The van der Waals surface area contributed by atoms with Crippen LogP contribution in [-0.4, -0.2) is 9.55 Å². The van der Waals surface area contributed by atoms with Crippen LogP contribution in [0.15, 0.2) is 42.7 Å². The van der Waals surface area contributed by atoms with Gasteiger partial charge >= 0.3 is 0 Å². The van der Waals surface area contributed by atoms with Crippen LogP contribution in [0.3, 0.4) is 0 Å². The lowest BCUT2D eigenvalue weighted by atomic mass is 10.1. The van der Waals surface area contributed by atoms with Gasteiger partial charge < -0.3 is 4.57 Å². The highest BCUT2D eigenvalue weighted by Gasteiger charge is 2.00. The average molecular weight is 211 g/mol. The summed E-state index contributed by atoms with van der Waals surface area (Å²) in [7, 11) is 0. The molecule has 16 heavy (non-hydrogen) atoms. The summed E-state index contributed by atoms with van der Waals surface area (Å²) in [4.78, 5) is 3.96. The predicted octanol–water partition coefficient (Wildman–Crippen LogP) is 2.39. The van der Waals surface area contributed by atoms with Crippen molar-refractivity contribution < 1.29 is 0 Å². The zero-order chi connectivity index (χ0) is 11.2. The Hall–Kier alpha value is -2.08. The summed E-state index contributed by atoms with van der Waals surface area (Å²) in [5.74, 6) is 0.494. The zero-order valence-electron chi connectivity index (χ0n) is 9.00. The van der Waals surface area contributed by atoms with E-state index in [-0.39, 0.29) is 0 Å². The molecule has 0 bridgehead atoms. The molecular weight excluding hydrogens is 198 g/mol. The van der Waals surface area contributed by atoms with Gasteiger partial charge in [0.2, 0.25) is 5.82 Å². The van der Waals surface area contributed by atoms with Crippen molar-refractivity contribution in [2.75, 3.05) is 0 Å². The van der Waals surface area contributed by atoms with Crippen molar-refractivity contribution in [3.05, 3.63) is 54.1 Å². The second kappa shape index (κ2) is 5.13. The lowest BCUT2D eigenvalue weighted by Gasteiger charge is -2.03. The van der Waals surface area contributed by atoms with Crippen molar-refractivity contribution in [2.24, 2.45) is 0 Å². The first-order valence-electron chi connectivity index (χ1n) is 5.35.